The molecular formula is C19H31NO5S. The summed E-state index contributed by atoms with van der Waals surface area (Å²) >= 11 is 0. The van der Waals surface area contributed by atoms with Gasteiger partial charge in [-0.25, -0.2) is 0 Å². The van der Waals surface area contributed by atoms with Gasteiger partial charge in [0.2, 0.25) is 5.91 Å². The summed E-state index contributed by atoms with van der Waals surface area (Å²) in [4.78, 5) is 14.4. The van der Waals surface area contributed by atoms with Gasteiger partial charge >= 0.3 is 10.1 Å². The number of hydrogen-bond acceptors (Lipinski definition) is 5. The van der Waals surface area contributed by atoms with E-state index >= 15 is 0 Å². The molecule has 0 fully saturated rings. The minimum absolute atomic E-state index is 0.0238. The van der Waals surface area contributed by atoms with E-state index in [-0.39, 0.29) is 28.9 Å². The molecule has 1 rings (SSSR count). The van der Waals surface area contributed by atoms with Gasteiger partial charge in [0.05, 0.1) is 12.9 Å². The molecule has 1 aromatic rings. The Labute approximate surface area is 157 Å². The first-order valence-corrected chi connectivity index (χ1v) is 10.3. The van der Waals surface area contributed by atoms with Crippen LogP contribution in [0.3, 0.4) is 0 Å². The van der Waals surface area contributed by atoms with E-state index < -0.39 is 10.1 Å². The Bertz CT molecular complexity index is 720. The summed E-state index contributed by atoms with van der Waals surface area (Å²) in [5.74, 6) is 0.399. The second-order valence-electron chi connectivity index (χ2n) is 7.77. The molecule has 148 valence electrons. The van der Waals surface area contributed by atoms with Crippen LogP contribution in [0.15, 0.2) is 18.2 Å². The summed E-state index contributed by atoms with van der Waals surface area (Å²) in [7, 11) is -2.22. The van der Waals surface area contributed by atoms with E-state index in [1.54, 1.807) is 17.0 Å². The molecule has 0 aliphatic carbocycles. The van der Waals surface area contributed by atoms with Gasteiger partial charge in [0.15, 0.2) is 11.5 Å². The Morgan fingerprint density at radius 3 is 2.27 bits per heavy atom. The second kappa shape index (κ2) is 8.75. The first kappa shape index (κ1) is 22.3. The smallest absolute Gasteiger partial charge is 0.309 e. The van der Waals surface area contributed by atoms with Crippen molar-refractivity contribution < 1.29 is 22.1 Å². The van der Waals surface area contributed by atoms with Crippen LogP contribution in [0.25, 0.3) is 0 Å². The number of hydrogen-bond donors (Lipinski definition) is 0. The third-order valence-electron chi connectivity index (χ3n) is 3.78. The average molecular weight is 386 g/mol. The summed E-state index contributed by atoms with van der Waals surface area (Å²) in [6, 6.07) is 5.11. The average Bonchev–Trinajstić information content (AvgIpc) is 2.50. The molecule has 0 aliphatic heterocycles. The van der Waals surface area contributed by atoms with Crippen molar-refractivity contribution in [2.45, 2.75) is 60.5 Å². The van der Waals surface area contributed by atoms with Gasteiger partial charge in [0, 0.05) is 19.0 Å². The molecule has 0 saturated carbocycles. The van der Waals surface area contributed by atoms with Gasteiger partial charge in [0.1, 0.15) is 0 Å². The SMILES string of the molecule is CCS(=O)(=O)Oc1cc(CN(C(=O)CC(C)(C)C)C(C)C)ccc1OC. The van der Waals surface area contributed by atoms with Crippen LogP contribution < -0.4 is 8.92 Å². The molecule has 0 radical (unpaired) electrons. The number of carbonyl (C=O) groups excluding carboxylic acids is 1. The maximum atomic E-state index is 12.7. The molecule has 0 saturated heterocycles. The summed E-state index contributed by atoms with van der Waals surface area (Å²) in [5, 5.41) is 0. The van der Waals surface area contributed by atoms with E-state index in [0.29, 0.717) is 18.7 Å². The number of rotatable bonds is 8. The third-order valence-corrected chi connectivity index (χ3v) is 4.92. The lowest BCUT2D eigenvalue weighted by Gasteiger charge is -2.30. The van der Waals surface area contributed by atoms with Crippen LogP contribution in [-0.4, -0.2) is 38.1 Å². The predicted molar refractivity (Wildman–Crippen MR) is 103 cm³/mol. The van der Waals surface area contributed by atoms with E-state index in [9.17, 15) is 13.2 Å². The number of ether oxygens (including phenoxy) is 1. The molecule has 0 aromatic heterocycles. The molecule has 1 aromatic carbocycles. The van der Waals surface area contributed by atoms with Gasteiger partial charge < -0.3 is 13.8 Å². The monoisotopic (exact) mass is 385 g/mol. The van der Waals surface area contributed by atoms with Gasteiger partial charge in [0.25, 0.3) is 0 Å². The second-order valence-corrected chi connectivity index (χ2v) is 9.63. The Kier molecular flexibility index (Phi) is 7.50. The van der Waals surface area contributed by atoms with Gasteiger partial charge in [-0.15, -0.1) is 0 Å². The molecule has 0 unspecified atom stereocenters. The van der Waals surface area contributed by atoms with Gasteiger partial charge in [-0.2, -0.15) is 8.42 Å². The van der Waals surface area contributed by atoms with E-state index in [1.807, 2.05) is 40.7 Å². The van der Waals surface area contributed by atoms with E-state index in [4.69, 9.17) is 8.92 Å². The summed E-state index contributed by atoms with van der Waals surface area (Å²) in [5.41, 5.74) is 0.677. The quantitative estimate of drug-likeness (QED) is 0.639. The molecule has 0 aliphatic rings. The van der Waals surface area contributed by atoms with Crippen molar-refractivity contribution in [2.24, 2.45) is 5.41 Å². The lowest BCUT2D eigenvalue weighted by Crippen LogP contribution is -2.38. The Hall–Kier alpha value is -1.76. The van der Waals surface area contributed by atoms with Crippen LogP contribution >= 0.6 is 0 Å². The van der Waals surface area contributed by atoms with Gasteiger partial charge in [-0.05, 0) is 43.9 Å². The van der Waals surface area contributed by atoms with Crippen molar-refractivity contribution >= 4 is 16.0 Å². The Morgan fingerprint density at radius 2 is 1.81 bits per heavy atom. The van der Waals surface area contributed by atoms with Crippen molar-refractivity contribution in [3.05, 3.63) is 23.8 Å². The number of benzene rings is 1. The maximum Gasteiger partial charge on any atom is 0.309 e. The van der Waals surface area contributed by atoms with Gasteiger partial charge in [-0.1, -0.05) is 26.8 Å². The van der Waals surface area contributed by atoms with Crippen molar-refractivity contribution in [3.63, 3.8) is 0 Å². The van der Waals surface area contributed by atoms with Crippen LogP contribution in [0.4, 0.5) is 0 Å². The highest BCUT2D eigenvalue weighted by Gasteiger charge is 2.24. The molecule has 0 heterocycles. The highest BCUT2D eigenvalue weighted by Crippen LogP contribution is 2.30. The molecule has 7 heteroatoms. The van der Waals surface area contributed by atoms with Crippen LogP contribution in [0, 0.1) is 5.41 Å². The van der Waals surface area contributed by atoms with Crippen LogP contribution in [-0.2, 0) is 21.5 Å². The van der Waals surface area contributed by atoms with E-state index in [1.165, 1.54) is 14.0 Å². The first-order valence-electron chi connectivity index (χ1n) is 8.77. The molecule has 1 amide bonds. The molecular weight excluding hydrogens is 354 g/mol. The Morgan fingerprint density at radius 1 is 1.19 bits per heavy atom. The fourth-order valence-electron chi connectivity index (χ4n) is 2.39. The zero-order valence-electron chi connectivity index (χ0n) is 16.8. The number of amides is 1. The first-order chi connectivity index (χ1) is 11.9. The number of carbonyl (C=O) groups is 1. The lowest BCUT2D eigenvalue weighted by atomic mass is 9.91. The largest absolute Gasteiger partial charge is 0.493 e. The maximum absolute atomic E-state index is 12.7. The molecule has 0 N–H and O–H groups in total. The molecule has 26 heavy (non-hydrogen) atoms. The fourth-order valence-corrected chi connectivity index (χ4v) is 2.91. The van der Waals surface area contributed by atoms with Crippen LogP contribution in [0.2, 0.25) is 0 Å². The minimum Gasteiger partial charge on any atom is -0.493 e. The summed E-state index contributed by atoms with van der Waals surface area (Å²) in [6.07, 6.45) is 0.439. The zero-order chi connectivity index (χ0) is 20.1. The van der Waals surface area contributed by atoms with Crippen LogP contribution in [0.5, 0.6) is 11.5 Å². The van der Waals surface area contributed by atoms with Gasteiger partial charge in [-0.3, -0.25) is 4.79 Å². The standard InChI is InChI=1S/C19H31NO5S/c1-8-26(22,23)25-17-11-15(9-10-16(17)24-7)13-20(14(2)3)18(21)12-19(4,5)6/h9-11,14H,8,12-13H2,1-7H3. The highest BCUT2D eigenvalue weighted by molar-refractivity contribution is 7.87. The van der Waals surface area contributed by atoms with E-state index in [2.05, 4.69) is 0 Å². The van der Waals surface area contributed by atoms with Crippen molar-refractivity contribution in [2.75, 3.05) is 12.9 Å². The molecule has 0 spiro atoms. The van der Waals surface area contributed by atoms with Crippen molar-refractivity contribution in [1.29, 1.82) is 0 Å². The molecule has 0 atom stereocenters. The summed E-state index contributed by atoms with van der Waals surface area (Å²) < 4.78 is 33.9. The van der Waals surface area contributed by atoms with Crippen molar-refractivity contribution in [3.8, 4) is 11.5 Å². The normalized spacial score (nSPS) is 12.2. The number of methoxy groups -OCH3 is 1. The zero-order valence-corrected chi connectivity index (χ0v) is 17.6. The topological polar surface area (TPSA) is 72.9 Å². The minimum atomic E-state index is -3.67. The Balaban J connectivity index is 3.11. The fraction of sp³-hybridized carbons (Fsp3) is 0.632. The van der Waals surface area contributed by atoms with Crippen LogP contribution in [0.1, 0.15) is 53.5 Å². The van der Waals surface area contributed by atoms with Crippen molar-refractivity contribution in [1.82, 2.24) is 4.90 Å². The predicted octanol–water partition coefficient (Wildman–Crippen LogP) is 3.60. The number of nitrogens with zero attached hydrogens (tertiary/aromatic N) is 1. The lowest BCUT2D eigenvalue weighted by molar-refractivity contribution is -0.135. The third kappa shape index (κ3) is 6.86. The molecule has 6 nitrogen and oxygen atoms in total. The van der Waals surface area contributed by atoms with E-state index in [0.717, 1.165) is 5.56 Å². The molecule has 0 bridgehead atoms. The summed E-state index contributed by atoms with van der Waals surface area (Å²) in [6.45, 7) is 11.9. The highest BCUT2D eigenvalue weighted by atomic mass is 32.2.